The molecule has 4 saturated carbocycles. The number of hydrogen-bond acceptors (Lipinski definition) is 3. The monoisotopic (exact) mass is 305 g/mol. The lowest BCUT2D eigenvalue weighted by molar-refractivity contribution is -0.177. The zero-order chi connectivity index (χ0) is 15.2. The molecule has 124 valence electrons. The maximum atomic E-state index is 12.9. The molecule has 0 aromatic carbocycles. The van der Waals surface area contributed by atoms with E-state index in [1.54, 1.807) is 0 Å². The molecule has 0 N–H and O–H groups in total. The molecule has 1 aliphatic heterocycles. The largest absolute Gasteiger partial charge is 0.461 e. The van der Waals surface area contributed by atoms with Crippen molar-refractivity contribution in [3.05, 3.63) is 0 Å². The van der Waals surface area contributed by atoms with Crippen molar-refractivity contribution in [2.45, 2.75) is 70.8 Å². The van der Waals surface area contributed by atoms with Crippen molar-refractivity contribution >= 4 is 5.97 Å². The number of piperidine rings is 1. The quantitative estimate of drug-likeness (QED) is 0.743. The normalized spacial score (nSPS) is 42.3. The highest BCUT2D eigenvalue weighted by molar-refractivity contribution is 5.77. The first-order chi connectivity index (χ1) is 10.6. The van der Waals surface area contributed by atoms with Crippen molar-refractivity contribution in [1.82, 2.24) is 4.90 Å². The molecule has 1 heterocycles. The maximum Gasteiger partial charge on any atom is 0.312 e. The Balaban J connectivity index is 1.35. The van der Waals surface area contributed by atoms with E-state index in [9.17, 15) is 4.79 Å². The second kappa shape index (κ2) is 5.81. The van der Waals surface area contributed by atoms with Crippen LogP contribution in [0.1, 0.15) is 64.7 Å². The van der Waals surface area contributed by atoms with Gasteiger partial charge in [-0.15, -0.1) is 0 Å². The fraction of sp³-hybridized carbons (Fsp3) is 0.947. The van der Waals surface area contributed by atoms with Crippen LogP contribution < -0.4 is 0 Å². The SMILES string of the molecule is C[C@@H](CN1CCCCC1)OC(=O)C12CC3CC(CC(C3)C1)C2. The number of rotatable bonds is 4. The molecule has 0 aromatic rings. The van der Waals surface area contributed by atoms with Crippen LogP contribution >= 0.6 is 0 Å². The number of carbonyl (C=O) groups excluding carboxylic acids is 1. The maximum absolute atomic E-state index is 12.9. The number of ether oxygens (including phenoxy) is 1. The summed E-state index contributed by atoms with van der Waals surface area (Å²) in [5.41, 5.74) is -0.0924. The lowest BCUT2D eigenvalue weighted by Crippen LogP contribution is -2.51. The smallest absolute Gasteiger partial charge is 0.312 e. The van der Waals surface area contributed by atoms with Gasteiger partial charge in [0.1, 0.15) is 6.10 Å². The summed E-state index contributed by atoms with van der Waals surface area (Å²) in [7, 11) is 0. The molecule has 1 saturated heterocycles. The summed E-state index contributed by atoms with van der Waals surface area (Å²) in [6.07, 6.45) is 11.5. The lowest BCUT2D eigenvalue weighted by atomic mass is 9.49. The second-order valence-electron chi connectivity index (χ2n) is 8.78. The van der Waals surface area contributed by atoms with Crippen LogP contribution in [-0.2, 0) is 9.53 Å². The van der Waals surface area contributed by atoms with E-state index in [1.807, 2.05) is 0 Å². The summed E-state index contributed by atoms with van der Waals surface area (Å²) in [6, 6.07) is 0. The first-order valence-corrected chi connectivity index (χ1v) is 9.56. The van der Waals surface area contributed by atoms with Gasteiger partial charge in [-0.2, -0.15) is 0 Å². The Morgan fingerprint density at radius 2 is 1.59 bits per heavy atom. The minimum Gasteiger partial charge on any atom is -0.461 e. The predicted molar refractivity (Wildman–Crippen MR) is 86.5 cm³/mol. The molecule has 0 unspecified atom stereocenters. The highest BCUT2D eigenvalue weighted by atomic mass is 16.5. The van der Waals surface area contributed by atoms with E-state index in [0.29, 0.717) is 0 Å². The van der Waals surface area contributed by atoms with E-state index in [-0.39, 0.29) is 17.5 Å². The number of nitrogens with zero attached hydrogens (tertiary/aromatic N) is 1. The van der Waals surface area contributed by atoms with Crippen LogP contribution in [0.5, 0.6) is 0 Å². The first-order valence-electron chi connectivity index (χ1n) is 9.56. The Morgan fingerprint density at radius 1 is 1.05 bits per heavy atom. The molecule has 3 heteroatoms. The minimum absolute atomic E-state index is 0.0543. The molecule has 5 rings (SSSR count). The number of hydrogen-bond donors (Lipinski definition) is 0. The number of likely N-dealkylation sites (tertiary alicyclic amines) is 1. The Hall–Kier alpha value is -0.570. The van der Waals surface area contributed by atoms with Crippen LogP contribution in [0.2, 0.25) is 0 Å². The van der Waals surface area contributed by atoms with Gasteiger partial charge in [0, 0.05) is 6.54 Å². The molecule has 3 nitrogen and oxygen atoms in total. The van der Waals surface area contributed by atoms with Gasteiger partial charge in [0.25, 0.3) is 0 Å². The predicted octanol–water partition coefficient (Wildman–Crippen LogP) is 3.62. The molecular weight excluding hydrogens is 274 g/mol. The molecule has 5 fully saturated rings. The molecule has 0 spiro atoms. The first kappa shape index (κ1) is 15.0. The minimum atomic E-state index is -0.0924. The molecule has 0 radical (unpaired) electrons. The Bertz CT molecular complexity index is 392. The van der Waals surface area contributed by atoms with Gasteiger partial charge in [-0.25, -0.2) is 0 Å². The van der Waals surface area contributed by atoms with E-state index in [4.69, 9.17) is 4.74 Å². The van der Waals surface area contributed by atoms with Gasteiger partial charge in [0.05, 0.1) is 5.41 Å². The highest BCUT2D eigenvalue weighted by Gasteiger charge is 2.55. The molecule has 5 aliphatic rings. The molecule has 1 atom stereocenters. The summed E-state index contributed by atoms with van der Waals surface area (Å²) in [4.78, 5) is 15.4. The number of carbonyl (C=O) groups is 1. The van der Waals surface area contributed by atoms with Crippen LogP contribution in [0.15, 0.2) is 0 Å². The average molecular weight is 305 g/mol. The fourth-order valence-corrected chi connectivity index (χ4v) is 6.21. The summed E-state index contributed by atoms with van der Waals surface area (Å²) in [5.74, 6) is 2.60. The van der Waals surface area contributed by atoms with Crippen LogP contribution in [0.3, 0.4) is 0 Å². The molecule has 22 heavy (non-hydrogen) atoms. The molecule has 0 aromatic heterocycles. The average Bonchev–Trinajstić information content (AvgIpc) is 2.46. The van der Waals surface area contributed by atoms with Crippen LogP contribution in [0.4, 0.5) is 0 Å². The van der Waals surface area contributed by atoms with E-state index in [0.717, 1.165) is 43.6 Å². The van der Waals surface area contributed by atoms with Crippen molar-refractivity contribution in [3.63, 3.8) is 0 Å². The summed E-state index contributed by atoms with van der Waals surface area (Å²) in [5, 5.41) is 0. The van der Waals surface area contributed by atoms with Crippen molar-refractivity contribution < 1.29 is 9.53 Å². The third-order valence-electron chi connectivity index (χ3n) is 6.74. The fourth-order valence-electron chi connectivity index (χ4n) is 6.21. The van der Waals surface area contributed by atoms with Crippen molar-refractivity contribution in [3.8, 4) is 0 Å². The van der Waals surface area contributed by atoms with Crippen LogP contribution in [0.25, 0.3) is 0 Å². The third kappa shape index (κ3) is 2.81. The van der Waals surface area contributed by atoms with Crippen molar-refractivity contribution in [2.75, 3.05) is 19.6 Å². The Labute approximate surface area is 134 Å². The van der Waals surface area contributed by atoms with Gasteiger partial charge >= 0.3 is 5.97 Å². The zero-order valence-electron chi connectivity index (χ0n) is 14.1. The van der Waals surface area contributed by atoms with Gasteiger partial charge in [0.2, 0.25) is 0 Å². The van der Waals surface area contributed by atoms with E-state index >= 15 is 0 Å². The standard InChI is InChI=1S/C19H31NO2/c1-14(13-20-5-3-2-4-6-20)22-18(21)19-10-15-7-16(11-19)9-17(8-15)12-19/h14-17H,2-13H2,1H3/t14-,15?,16?,17?,19?/m0/s1. The summed E-state index contributed by atoms with van der Waals surface area (Å²) < 4.78 is 5.96. The Kier molecular flexibility index (Phi) is 3.96. The number of esters is 1. The molecule has 4 aliphatic carbocycles. The molecular formula is C19H31NO2. The second-order valence-corrected chi connectivity index (χ2v) is 8.78. The van der Waals surface area contributed by atoms with Crippen LogP contribution in [0, 0.1) is 23.2 Å². The lowest BCUT2D eigenvalue weighted by Gasteiger charge is -2.55. The molecule has 0 amide bonds. The van der Waals surface area contributed by atoms with Gasteiger partial charge in [-0.05, 0) is 89.1 Å². The van der Waals surface area contributed by atoms with Gasteiger partial charge < -0.3 is 4.74 Å². The Morgan fingerprint density at radius 3 is 2.14 bits per heavy atom. The van der Waals surface area contributed by atoms with Crippen molar-refractivity contribution in [1.29, 1.82) is 0 Å². The van der Waals surface area contributed by atoms with Crippen LogP contribution in [-0.4, -0.2) is 36.6 Å². The third-order valence-corrected chi connectivity index (χ3v) is 6.74. The van der Waals surface area contributed by atoms with Gasteiger partial charge in [-0.3, -0.25) is 9.69 Å². The summed E-state index contributed by atoms with van der Waals surface area (Å²) in [6.45, 7) is 5.38. The topological polar surface area (TPSA) is 29.5 Å². The van der Waals surface area contributed by atoms with Crippen molar-refractivity contribution in [2.24, 2.45) is 23.2 Å². The summed E-state index contributed by atoms with van der Waals surface area (Å²) >= 11 is 0. The van der Waals surface area contributed by atoms with E-state index in [1.165, 1.54) is 51.6 Å². The van der Waals surface area contributed by atoms with E-state index in [2.05, 4.69) is 11.8 Å². The zero-order valence-corrected chi connectivity index (χ0v) is 14.1. The van der Waals surface area contributed by atoms with Gasteiger partial charge in [-0.1, -0.05) is 6.42 Å². The highest BCUT2D eigenvalue weighted by Crippen LogP contribution is 2.60. The molecule has 4 bridgehead atoms. The van der Waals surface area contributed by atoms with Gasteiger partial charge in [0.15, 0.2) is 0 Å². The van der Waals surface area contributed by atoms with E-state index < -0.39 is 0 Å².